The Labute approximate surface area is 89.8 Å². The third-order valence-corrected chi connectivity index (χ3v) is 3.68. The molecule has 0 bridgehead atoms. The van der Waals surface area contributed by atoms with Crippen LogP contribution < -0.4 is 5.73 Å². The van der Waals surface area contributed by atoms with Crippen molar-refractivity contribution < 1.29 is 9.18 Å². The molecule has 2 fully saturated rings. The van der Waals surface area contributed by atoms with Crippen LogP contribution in [0.15, 0.2) is 0 Å². The molecule has 2 rings (SSSR count). The Morgan fingerprint density at radius 2 is 1.87 bits per heavy atom. The second-order valence-corrected chi connectivity index (χ2v) is 4.94. The number of hydrogen-bond acceptors (Lipinski definition) is 2. The van der Waals surface area contributed by atoms with E-state index in [0.29, 0.717) is 19.0 Å². The second-order valence-electron chi connectivity index (χ2n) is 4.94. The van der Waals surface area contributed by atoms with Crippen LogP contribution in [0.5, 0.6) is 0 Å². The van der Waals surface area contributed by atoms with Crippen LogP contribution in [0.4, 0.5) is 4.39 Å². The van der Waals surface area contributed by atoms with Gasteiger partial charge in [0, 0.05) is 25.6 Å². The molecule has 1 saturated carbocycles. The van der Waals surface area contributed by atoms with Crippen LogP contribution in [0.2, 0.25) is 0 Å². The highest BCUT2D eigenvalue weighted by molar-refractivity contribution is 5.76. The van der Waals surface area contributed by atoms with Crippen molar-refractivity contribution in [2.24, 2.45) is 17.6 Å². The van der Waals surface area contributed by atoms with Crippen LogP contribution in [-0.4, -0.2) is 36.6 Å². The van der Waals surface area contributed by atoms with Crippen molar-refractivity contribution >= 4 is 5.91 Å². The molecule has 0 spiro atoms. The minimum atomic E-state index is -0.605. The van der Waals surface area contributed by atoms with Crippen molar-refractivity contribution in [1.29, 1.82) is 0 Å². The zero-order valence-electron chi connectivity index (χ0n) is 8.99. The molecular weight excluding hydrogens is 195 g/mol. The van der Waals surface area contributed by atoms with Gasteiger partial charge in [0.2, 0.25) is 5.91 Å². The Morgan fingerprint density at radius 3 is 2.33 bits per heavy atom. The zero-order chi connectivity index (χ0) is 10.8. The van der Waals surface area contributed by atoms with E-state index in [0.717, 1.165) is 32.2 Å². The van der Waals surface area contributed by atoms with Crippen molar-refractivity contribution in [3.05, 3.63) is 0 Å². The third-order valence-electron chi connectivity index (χ3n) is 3.68. The number of nitrogens with zero attached hydrogens (tertiary/aromatic N) is 1. The van der Waals surface area contributed by atoms with Gasteiger partial charge in [-0.15, -0.1) is 0 Å². The highest BCUT2D eigenvalue weighted by atomic mass is 19.1. The molecule has 3 nitrogen and oxygen atoms in total. The summed E-state index contributed by atoms with van der Waals surface area (Å²) in [6.45, 7) is 2.22. The summed E-state index contributed by atoms with van der Waals surface area (Å²) in [6.07, 6.45) is 3.38. The minimum absolute atomic E-state index is 0.0894. The summed E-state index contributed by atoms with van der Waals surface area (Å²) in [4.78, 5) is 13.1. The quantitative estimate of drug-likeness (QED) is 0.759. The summed E-state index contributed by atoms with van der Waals surface area (Å²) in [5.74, 6) is 0.584. The maximum atomic E-state index is 12.6. The first-order chi connectivity index (χ1) is 7.15. The lowest BCUT2D eigenvalue weighted by Gasteiger charge is -2.38. The van der Waals surface area contributed by atoms with Gasteiger partial charge in [0.15, 0.2) is 0 Å². The van der Waals surface area contributed by atoms with E-state index in [-0.39, 0.29) is 11.8 Å². The van der Waals surface area contributed by atoms with E-state index in [9.17, 15) is 9.18 Å². The number of hydrogen-bond donors (Lipinski definition) is 1. The first kappa shape index (κ1) is 10.9. The number of amides is 1. The number of alkyl halides is 1. The minimum Gasteiger partial charge on any atom is -0.369 e. The third kappa shape index (κ3) is 2.68. The first-order valence-corrected chi connectivity index (χ1v) is 5.81. The monoisotopic (exact) mass is 214 g/mol. The highest BCUT2D eigenvalue weighted by Crippen LogP contribution is 2.30. The van der Waals surface area contributed by atoms with Gasteiger partial charge in [0.25, 0.3) is 0 Å². The molecular formula is C11H19FN2O. The summed E-state index contributed by atoms with van der Waals surface area (Å²) in [5.41, 5.74) is 5.27. The van der Waals surface area contributed by atoms with Crippen molar-refractivity contribution in [3.63, 3.8) is 0 Å². The van der Waals surface area contributed by atoms with Gasteiger partial charge in [0.1, 0.15) is 6.17 Å². The van der Waals surface area contributed by atoms with E-state index in [1.807, 2.05) is 0 Å². The lowest BCUT2D eigenvalue weighted by Crippen LogP contribution is -2.50. The Kier molecular flexibility index (Phi) is 3.24. The number of rotatable bonds is 3. The first-order valence-electron chi connectivity index (χ1n) is 5.81. The van der Waals surface area contributed by atoms with Crippen molar-refractivity contribution in [3.8, 4) is 0 Å². The van der Waals surface area contributed by atoms with Gasteiger partial charge >= 0.3 is 0 Å². The number of carbonyl (C=O) groups excluding carboxylic acids is 1. The van der Waals surface area contributed by atoms with Crippen LogP contribution in [0, 0.1) is 11.8 Å². The molecule has 0 radical (unpaired) electrons. The van der Waals surface area contributed by atoms with Crippen molar-refractivity contribution in [2.75, 3.05) is 19.6 Å². The Bertz CT molecular complexity index is 233. The van der Waals surface area contributed by atoms with Crippen LogP contribution in [0.25, 0.3) is 0 Å². The van der Waals surface area contributed by atoms with E-state index in [1.54, 1.807) is 0 Å². The summed E-state index contributed by atoms with van der Waals surface area (Å²) in [5, 5.41) is 0. The van der Waals surface area contributed by atoms with Crippen molar-refractivity contribution in [1.82, 2.24) is 4.90 Å². The van der Waals surface area contributed by atoms with E-state index >= 15 is 0 Å². The normalized spacial score (nSPS) is 33.7. The van der Waals surface area contributed by atoms with Gasteiger partial charge in [-0.3, -0.25) is 9.69 Å². The maximum absolute atomic E-state index is 12.6. The number of halogens is 1. The SMILES string of the molecule is NC(=O)C1CCC(CN2CC(F)C2)CC1. The molecule has 0 aromatic heterocycles. The van der Waals surface area contributed by atoms with Crippen LogP contribution in [0.1, 0.15) is 25.7 Å². The molecule has 1 heterocycles. The second kappa shape index (κ2) is 4.47. The van der Waals surface area contributed by atoms with E-state index in [1.165, 1.54) is 0 Å². The van der Waals surface area contributed by atoms with Gasteiger partial charge < -0.3 is 5.73 Å². The molecule has 15 heavy (non-hydrogen) atoms. The highest BCUT2D eigenvalue weighted by Gasteiger charge is 2.30. The Morgan fingerprint density at radius 1 is 1.27 bits per heavy atom. The topological polar surface area (TPSA) is 46.3 Å². The van der Waals surface area contributed by atoms with Crippen LogP contribution >= 0.6 is 0 Å². The van der Waals surface area contributed by atoms with E-state index in [2.05, 4.69) is 4.90 Å². The molecule has 1 aliphatic carbocycles. The lowest BCUT2D eigenvalue weighted by molar-refractivity contribution is -0.123. The average Bonchev–Trinajstić information content (AvgIpc) is 2.16. The fraction of sp³-hybridized carbons (Fsp3) is 0.909. The predicted octanol–water partition coefficient (Wildman–Crippen LogP) is 0.932. The molecule has 86 valence electrons. The molecule has 2 N–H and O–H groups in total. The van der Waals surface area contributed by atoms with Gasteiger partial charge in [-0.25, -0.2) is 4.39 Å². The number of likely N-dealkylation sites (tertiary alicyclic amines) is 1. The number of primary amides is 1. The predicted molar refractivity (Wildman–Crippen MR) is 56.0 cm³/mol. The molecule has 1 aliphatic heterocycles. The Balaban J connectivity index is 1.67. The molecule has 0 aromatic carbocycles. The lowest BCUT2D eigenvalue weighted by atomic mass is 9.81. The van der Waals surface area contributed by atoms with Crippen LogP contribution in [-0.2, 0) is 4.79 Å². The fourth-order valence-corrected chi connectivity index (χ4v) is 2.65. The summed E-state index contributed by atoms with van der Waals surface area (Å²) in [7, 11) is 0. The van der Waals surface area contributed by atoms with Gasteiger partial charge in [0.05, 0.1) is 0 Å². The summed E-state index contributed by atoms with van der Waals surface area (Å²) in [6, 6.07) is 0. The van der Waals surface area contributed by atoms with Gasteiger partial charge in [-0.1, -0.05) is 0 Å². The fourth-order valence-electron chi connectivity index (χ4n) is 2.65. The van der Waals surface area contributed by atoms with Crippen molar-refractivity contribution in [2.45, 2.75) is 31.9 Å². The molecule has 0 atom stereocenters. The average molecular weight is 214 g/mol. The Hall–Kier alpha value is -0.640. The molecule has 1 saturated heterocycles. The standard InChI is InChI=1S/C11H19FN2O/c12-10-6-14(7-10)5-8-1-3-9(4-2-8)11(13)15/h8-10H,1-7H2,(H2,13,15). The van der Waals surface area contributed by atoms with E-state index < -0.39 is 6.17 Å². The molecule has 4 heteroatoms. The maximum Gasteiger partial charge on any atom is 0.220 e. The number of carbonyl (C=O) groups is 1. The summed E-state index contributed by atoms with van der Waals surface area (Å²) < 4.78 is 12.6. The molecule has 2 aliphatic rings. The number of nitrogens with two attached hydrogens (primary N) is 1. The zero-order valence-corrected chi connectivity index (χ0v) is 8.99. The molecule has 1 amide bonds. The smallest absolute Gasteiger partial charge is 0.220 e. The largest absolute Gasteiger partial charge is 0.369 e. The van der Waals surface area contributed by atoms with Gasteiger partial charge in [-0.2, -0.15) is 0 Å². The van der Waals surface area contributed by atoms with E-state index in [4.69, 9.17) is 5.73 Å². The van der Waals surface area contributed by atoms with Crippen LogP contribution in [0.3, 0.4) is 0 Å². The summed E-state index contributed by atoms with van der Waals surface area (Å²) >= 11 is 0. The van der Waals surface area contributed by atoms with Gasteiger partial charge in [-0.05, 0) is 31.6 Å². The molecule has 0 aromatic rings. The molecule has 0 unspecified atom stereocenters.